The molecule has 0 bridgehead atoms. The summed E-state index contributed by atoms with van der Waals surface area (Å²) in [5.74, 6) is 0. The number of hydrogen-bond donors (Lipinski definition) is 0. The summed E-state index contributed by atoms with van der Waals surface area (Å²) in [7, 11) is 0. The van der Waals surface area contributed by atoms with E-state index < -0.39 is 0 Å². The Morgan fingerprint density at radius 2 is 1.25 bits per heavy atom. The molecule has 0 fully saturated rings. The van der Waals surface area contributed by atoms with Crippen LogP contribution in [0.15, 0.2) is 0 Å². The monoisotopic (exact) mass is 393 g/mol. The molecule has 0 radical (unpaired) electrons. The van der Waals surface area contributed by atoms with Crippen molar-refractivity contribution in [2.45, 2.75) is 0 Å². The van der Waals surface area contributed by atoms with Crippen molar-refractivity contribution in [1.82, 2.24) is 0 Å². The predicted octanol–water partition coefficient (Wildman–Crippen LogP) is -1.04. The van der Waals surface area contributed by atoms with Crippen molar-refractivity contribution in [3.8, 4) is 0 Å². The zero-order valence-corrected chi connectivity index (χ0v) is 3.63. The Morgan fingerprint density at radius 3 is 1.25 bits per heavy atom. The molecule has 0 unspecified atom stereocenters. The van der Waals surface area contributed by atoms with Crippen LogP contribution < -0.4 is 0 Å². The van der Waals surface area contributed by atoms with Crippen molar-refractivity contribution < 1.29 is 66.7 Å². The molecule has 1 nitrogen and oxygen atoms in total. The zero-order chi connectivity index (χ0) is 2.00. The molecular formula is H2BaCuOYb. The van der Waals surface area contributed by atoms with Gasteiger partial charge in [0.05, 0.1) is 0 Å². The van der Waals surface area contributed by atoms with Crippen molar-refractivity contribution in [3.63, 3.8) is 0 Å². The van der Waals surface area contributed by atoms with Crippen LogP contribution in [0, 0.1) is 46.9 Å². The minimum absolute atomic E-state index is 0. The summed E-state index contributed by atoms with van der Waals surface area (Å²) in [6, 6.07) is 0. The minimum Gasteiger partial charge on any atom is 0 e. The molecule has 0 amide bonds. The Kier molecular flexibility index (Phi) is 63.1. The molecule has 0 aromatic rings. The molecule has 0 N–H and O–H groups in total. The molecule has 0 aliphatic heterocycles. The second kappa shape index (κ2) is 16.1. The van der Waals surface area contributed by atoms with E-state index in [-0.39, 0.29) is 95.8 Å². The average Bonchev–Trinajstić information content (AvgIpc) is 1.00. The average molecular weight is 392 g/mol. The van der Waals surface area contributed by atoms with Gasteiger partial charge in [-0.1, -0.05) is 0 Å². The van der Waals surface area contributed by atoms with Gasteiger partial charge in [0.1, 0.15) is 0 Å². The first-order valence-electron chi connectivity index (χ1n) is 0.123. The van der Waals surface area contributed by atoms with Crippen LogP contribution in [-0.4, -0.2) is 48.9 Å². The molecule has 0 spiro atoms. The first-order chi connectivity index (χ1) is 1.00. The van der Waals surface area contributed by atoms with Crippen molar-refractivity contribution in [3.05, 3.63) is 0 Å². The number of rotatable bonds is 0. The molecule has 0 aliphatic carbocycles. The van der Waals surface area contributed by atoms with Crippen LogP contribution in [0.3, 0.4) is 0 Å². The molecule has 0 heterocycles. The fraction of sp³-hybridized carbons (Fsp3) is 0. The van der Waals surface area contributed by atoms with E-state index in [1.807, 2.05) is 0 Å². The van der Waals surface area contributed by atoms with E-state index in [4.69, 9.17) is 3.83 Å². The van der Waals surface area contributed by atoms with E-state index >= 15 is 0 Å². The van der Waals surface area contributed by atoms with Gasteiger partial charge in [-0.25, -0.2) is 0 Å². The molecule has 0 aliphatic rings. The van der Waals surface area contributed by atoms with E-state index in [1.165, 1.54) is 0 Å². The molecule has 0 aromatic heterocycles. The van der Waals surface area contributed by atoms with Gasteiger partial charge in [0, 0.05) is 46.9 Å². The maximum absolute atomic E-state index is 7.81. The maximum atomic E-state index is 7.81. The van der Waals surface area contributed by atoms with Crippen molar-refractivity contribution in [1.29, 1.82) is 0 Å². The maximum Gasteiger partial charge on any atom is 0 e. The van der Waals surface area contributed by atoms with Gasteiger partial charge >= 0.3 is 68.7 Å². The summed E-state index contributed by atoms with van der Waals surface area (Å²) in [5, 5.41) is 0. The van der Waals surface area contributed by atoms with Gasteiger partial charge in [0.25, 0.3) is 0 Å². The Balaban J connectivity index is -0.00000000500. The van der Waals surface area contributed by atoms with E-state index in [2.05, 4.69) is 15.9 Å². The third-order valence-electron chi connectivity index (χ3n) is 0. The van der Waals surface area contributed by atoms with Crippen molar-refractivity contribution in [2.24, 2.45) is 0 Å². The normalized spacial score (nSPS) is 1.50. The molecule has 0 saturated heterocycles. The number of hydrogen-bond acceptors (Lipinski definition) is 1. The van der Waals surface area contributed by atoms with Crippen LogP contribution in [0.25, 0.3) is 0 Å². The smallest absolute Gasteiger partial charge is 0 e. The third kappa shape index (κ3) is 9.05. The predicted molar refractivity (Wildman–Crippen MR) is 9.23 cm³/mol. The second-order valence-electron chi connectivity index (χ2n) is 0. The van der Waals surface area contributed by atoms with Crippen LogP contribution in [0.5, 0.6) is 0 Å². The van der Waals surface area contributed by atoms with E-state index in [1.54, 1.807) is 0 Å². The van der Waals surface area contributed by atoms with Gasteiger partial charge in [-0.15, -0.1) is 0 Å². The fourth-order valence-electron chi connectivity index (χ4n) is 0. The van der Waals surface area contributed by atoms with Crippen molar-refractivity contribution >= 4 is 48.9 Å². The van der Waals surface area contributed by atoms with E-state index in [0.29, 0.717) is 0 Å². The summed E-state index contributed by atoms with van der Waals surface area (Å²) in [6.07, 6.45) is 0. The van der Waals surface area contributed by atoms with E-state index in [0.717, 1.165) is 0 Å². The Morgan fingerprint density at radius 1 is 1.25 bits per heavy atom. The van der Waals surface area contributed by atoms with Crippen molar-refractivity contribution in [2.75, 3.05) is 0 Å². The molecule has 0 aromatic carbocycles. The summed E-state index contributed by atoms with van der Waals surface area (Å²) in [6.45, 7) is 0. The molecule has 4 heavy (non-hydrogen) atoms. The molecular weight excluding hydrogens is 390 g/mol. The summed E-state index contributed by atoms with van der Waals surface area (Å²) in [5.41, 5.74) is 0. The zero-order valence-electron chi connectivity index (χ0n) is 0.977. The van der Waals surface area contributed by atoms with Crippen LogP contribution in [0.2, 0.25) is 0 Å². The fourth-order valence-corrected chi connectivity index (χ4v) is 0. The van der Waals surface area contributed by atoms with Crippen LogP contribution in [-0.2, 0) is 19.8 Å². The Hall–Kier alpha value is 3.41. The van der Waals surface area contributed by atoms with Crippen LogP contribution in [0.4, 0.5) is 0 Å². The van der Waals surface area contributed by atoms with Gasteiger partial charge < -0.3 is 0 Å². The first-order valence-corrected chi connectivity index (χ1v) is 0.508. The molecule has 0 saturated carbocycles. The van der Waals surface area contributed by atoms with Crippen LogP contribution in [0.1, 0.15) is 0 Å². The Labute approximate surface area is 112 Å². The molecule has 0 atom stereocenters. The summed E-state index contributed by atoms with van der Waals surface area (Å²) >= 11 is 2.94. The first kappa shape index (κ1) is 15.7. The van der Waals surface area contributed by atoms with Crippen LogP contribution >= 0.6 is 0 Å². The molecule has 0 rings (SSSR count). The topological polar surface area (TPSA) is 17.1 Å². The summed E-state index contributed by atoms with van der Waals surface area (Å²) < 4.78 is 7.81. The van der Waals surface area contributed by atoms with Gasteiger partial charge in [-0.05, 0) is 0 Å². The molecule has 4 heteroatoms. The summed E-state index contributed by atoms with van der Waals surface area (Å²) in [4.78, 5) is 0. The SMILES string of the molecule is [BaH2].[O]=[Cu].[Yb]. The third-order valence-corrected chi connectivity index (χ3v) is 0. The molecule has 35 valence electrons. The minimum atomic E-state index is 0. The standard InChI is InChI=1S/Ba.Cu.O.Yb.2H. The van der Waals surface area contributed by atoms with Gasteiger partial charge in [-0.3, -0.25) is 0 Å². The van der Waals surface area contributed by atoms with Gasteiger partial charge in [0.2, 0.25) is 0 Å². The quantitative estimate of drug-likeness (QED) is 0.482. The van der Waals surface area contributed by atoms with E-state index in [9.17, 15) is 0 Å². The second-order valence-corrected chi connectivity index (χ2v) is 0. The Bertz CT molecular complexity index is 8.00. The van der Waals surface area contributed by atoms with Gasteiger partial charge in [0.15, 0.2) is 0 Å². The largest absolute Gasteiger partial charge is 0 e. The van der Waals surface area contributed by atoms with Gasteiger partial charge in [-0.2, -0.15) is 0 Å².